The molecule has 4 saturated carbocycles. The van der Waals surface area contributed by atoms with Gasteiger partial charge in [-0.1, -0.05) is 27.7 Å². The highest BCUT2D eigenvalue weighted by Crippen LogP contribution is 2.70. The first kappa shape index (κ1) is 36.1. The highest BCUT2D eigenvalue weighted by atomic mass is 31.2. The summed E-state index contributed by atoms with van der Waals surface area (Å²) >= 11 is 0. The van der Waals surface area contributed by atoms with Crippen molar-refractivity contribution in [1.82, 2.24) is 10.2 Å². The molecule has 1 saturated heterocycles. The molecule has 1 aromatic rings. The van der Waals surface area contributed by atoms with Crippen LogP contribution in [-0.4, -0.2) is 66.4 Å². The number of carbonyl (C=O) groups excluding carboxylic acids is 1. The van der Waals surface area contributed by atoms with Crippen molar-refractivity contribution in [2.75, 3.05) is 32.6 Å². The van der Waals surface area contributed by atoms with E-state index < -0.39 is 13.2 Å². The molecule has 1 aliphatic heterocycles. The highest BCUT2D eigenvalue weighted by Gasteiger charge is 2.67. The number of hydrogen-bond donors (Lipinski definition) is 2. The Kier molecular flexibility index (Phi) is 10.9. The number of likely N-dealkylation sites (tertiary alicyclic amines) is 1. The topological polar surface area (TPSA) is 128 Å². The quantitative estimate of drug-likeness (QED) is 0.228. The predicted octanol–water partition coefficient (Wildman–Crippen LogP) is 7.44. The van der Waals surface area contributed by atoms with E-state index in [1.54, 1.807) is 6.26 Å². The van der Waals surface area contributed by atoms with Crippen LogP contribution in [0, 0.1) is 28.6 Å². The monoisotopic (exact) mass is 690 g/mol. The average Bonchev–Trinajstić information content (AvgIpc) is 3.35. The maximum Gasteiger partial charge on any atom is 0.407 e. The zero-order chi connectivity index (χ0) is 34.2. The van der Waals surface area contributed by atoms with Gasteiger partial charge in [0.15, 0.2) is 0 Å². The van der Waals surface area contributed by atoms with Crippen molar-refractivity contribution in [2.45, 2.75) is 135 Å². The second-order valence-corrected chi connectivity index (χ2v) is 18.1. The molecular formula is C37H59N2O8P. The highest BCUT2D eigenvalue weighted by molar-refractivity contribution is 7.53. The maximum absolute atomic E-state index is 13.2. The molecule has 270 valence electrons. The van der Waals surface area contributed by atoms with Crippen LogP contribution < -0.4 is 10.9 Å². The van der Waals surface area contributed by atoms with Gasteiger partial charge in [0.25, 0.3) is 0 Å². The van der Waals surface area contributed by atoms with E-state index in [1.807, 2.05) is 19.9 Å². The van der Waals surface area contributed by atoms with Crippen LogP contribution in [0.5, 0.6) is 0 Å². The van der Waals surface area contributed by atoms with Crippen LogP contribution in [0.3, 0.4) is 0 Å². The Morgan fingerprint density at radius 2 is 1.71 bits per heavy atom. The van der Waals surface area contributed by atoms with Crippen LogP contribution in [-0.2, 0) is 18.3 Å². The van der Waals surface area contributed by atoms with Gasteiger partial charge in [0, 0.05) is 30.6 Å². The van der Waals surface area contributed by atoms with Gasteiger partial charge in [-0.3, -0.25) is 9.46 Å². The van der Waals surface area contributed by atoms with Gasteiger partial charge in [-0.05, 0) is 124 Å². The van der Waals surface area contributed by atoms with Gasteiger partial charge in [-0.15, -0.1) is 0 Å². The van der Waals surface area contributed by atoms with E-state index in [-0.39, 0.29) is 52.8 Å². The number of alkyl carbamates (subject to hydrolysis) is 1. The van der Waals surface area contributed by atoms with E-state index >= 15 is 0 Å². The van der Waals surface area contributed by atoms with Crippen molar-refractivity contribution < 1.29 is 32.7 Å². The van der Waals surface area contributed by atoms with Gasteiger partial charge in [-0.25, -0.2) is 9.59 Å². The summed E-state index contributed by atoms with van der Waals surface area (Å²) in [4.78, 5) is 26.8. The molecule has 5 fully saturated rings. The number of rotatable bonds is 11. The Bertz CT molecular complexity index is 1350. The van der Waals surface area contributed by atoms with E-state index in [4.69, 9.17) is 18.2 Å². The molecule has 0 bridgehead atoms. The summed E-state index contributed by atoms with van der Waals surface area (Å²) in [6.45, 7) is 11.0. The number of hydrogen-bond acceptors (Lipinski definition) is 9. The van der Waals surface area contributed by atoms with Crippen molar-refractivity contribution in [3.63, 3.8) is 0 Å². The molecule has 0 unspecified atom stereocenters. The Morgan fingerprint density at radius 1 is 0.979 bits per heavy atom. The molecule has 4 aliphatic carbocycles. The SMILES string of the molecule is CCCOP(=O)(CN1CCC(NC(=O)O[C@H]2CC[C@@]3(C)[C@H](CC[C@@H]4[C@@H]3CC[C@]3(C)[C@@H](c5ccc(=O)oc5)CC[C@]43O)C2)CC1)OCCC. The number of nitrogens with one attached hydrogen (secondary N) is 1. The molecule has 8 atom stereocenters. The summed E-state index contributed by atoms with van der Waals surface area (Å²) < 4.78 is 35.9. The van der Waals surface area contributed by atoms with Gasteiger partial charge in [0.2, 0.25) is 0 Å². The van der Waals surface area contributed by atoms with E-state index in [0.717, 1.165) is 102 Å². The number of ether oxygens (including phenoxy) is 1. The minimum Gasteiger partial charge on any atom is -0.446 e. The summed E-state index contributed by atoms with van der Waals surface area (Å²) in [7, 11) is -3.16. The largest absolute Gasteiger partial charge is 0.446 e. The number of fused-ring (bicyclic) bond motifs is 5. The molecule has 6 rings (SSSR count). The van der Waals surface area contributed by atoms with Gasteiger partial charge in [-0.2, -0.15) is 0 Å². The molecule has 5 aliphatic rings. The third kappa shape index (κ3) is 6.95. The van der Waals surface area contributed by atoms with E-state index in [0.29, 0.717) is 25.0 Å². The van der Waals surface area contributed by atoms with E-state index in [9.17, 15) is 19.3 Å². The van der Waals surface area contributed by atoms with Crippen LogP contribution in [0.2, 0.25) is 0 Å². The Morgan fingerprint density at radius 3 is 2.38 bits per heavy atom. The molecule has 1 aromatic heterocycles. The first-order valence-electron chi connectivity index (χ1n) is 18.8. The second kappa shape index (κ2) is 14.5. The smallest absolute Gasteiger partial charge is 0.407 e. The molecule has 0 aromatic carbocycles. The molecule has 0 radical (unpaired) electrons. The van der Waals surface area contributed by atoms with E-state index in [1.165, 1.54) is 6.07 Å². The predicted molar refractivity (Wildman–Crippen MR) is 184 cm³/mol. The lowest BCUT2D eigenvalue weighted by molar-refractivity contribution is -0.205. The molecule has 48 heavy (non-hydrogen) atoms. The summed E-state index contributed by atoms with van der Waals surface area (Å²) in [5.74, 6) is 1.38. The summed E-state index contributed by atoms with van der Waals surface area (Å²) in [5.41, 5.74) is -0.136. The zero-order valence-corrected chi connectivity index (χ0v) is 30.5. The second-order valence-electron chi connectivity index (χ2n) is 16.1. The molecule has 10 nitrogen and oxygen atoms in total. The fraction of sp³-hybridized carbons (Fsp3) is 0.838. The number of carbonyl (C=O) groups is 1. The number of nitrogens with zero attached hydrogens (tertiary/aromatic N) is 1. The Balaban J connectivity index is 0.997. The number of piperidine rings is 1. The minimum atomic E-state index is -3.16. The standard InChI is InChI=1S/C37H59N2O8P/c1-5-21-45-48(43,46-22-6-2)25-39-19-14-28(15-20-39)38-34(41)47-29-11-16-35(3)27(23-29)8-9-32-31(35)12-17-36(4)30(13-18-37(32,36)42)26-7-10-33(40)44-24-26/h7,10,24,27-32,42H,5-6,8-9,11-23,25H2,1-4H3,(H,38,41)/t27-,29+,30-,31+,32-,35+,36-,37+/m1/s1. The Hall–Kier alpha value is -1.71. The van der Waals surface area contributed by atoms with Crippen molar-refractivity contribution in [3.05, 3.63) is 34.4 Å². The van der Waals surface area contributed by atoms with Gasteiger partial charge >= 0.3 is 19.3 Å². The van der Waals surface area contributed by atoms with Crippen molar-refractivity contribution in [3.8, 4) is 0 Å². The van der Waals surface area contributed by atoms with Crippen LogP contribution in [0.1, 0.15) is 123 Å². The van der Waals surface area contributed by atoms with Crippen LogP contribution >= 0.6 is 7.60 Å². The lowest BCUT2D eigenvalue weighted by atomic mass is 9.43. The first-order valence-corrected chi connectivity index (χ1v) is 20.5. The molecule has 1 amide bonds. The van der Waals surface area contributed by atoms with Crippen LogP contribution in [0.25, 0.3) is 0 Å². The minimum absolute atomic E-state index is 0.0324. The molecule has 0 spiro atoms. The zero-order valence-electron chi connectivity index (χ0n) is 29.6. The summed E-state index contributed by atoms with van der Waals surface area (Å²) in [6.07, 6.45) is 13.2. The summed E-state index contributed by atoms with van der Waals surface area (Å²) in [6, 6.07) is 3.43. The van der Waals surface area contributed by atoms with Gasteiger partial charge < -0.3 is 28.6 Å². The fourth-order valence-electron chi connectivity index (χ4n) is 10.8. The molecular weight excluding hydrogens is 631 g/mol. The lowest BCUT2D eigenvalue weighted by Crippen LogP contribution is -2.62. The normalized spacial score (nSPS) is 37.3. The fourth-order valence-corrected chi connectivity index (χ4v) is 12.7. The average molecular weight is 691 g/mol. The van der Waals surface area contributed by atoms with Crippen molar-refractivity contribution >= 4 is 13.7 Å². The molecule has 2 heterocycles. The summed E-state index contributed by atoms with van der Waals surface area (Å²) in [5, 5.41) is 15.6. The lowest BCUT2D eigenvalue weighted by Gasteiger charge is -2.63. The third-order valence-electron chi connectivity index (χ3n) is 13.5. The number of aliphatic hydroxyl groups is 1. The maximum atomic E-state index is 13.2. The first-order chi connectivity index (χ1) is 22.9. The third-order valence-corrected chi connectivity index (χ3v) is 15.4. The molecule has 2 N–H and O–H groups in total. The Labute approximate surface area is 286 Å². The van der Waals surface area contributed by atoms with Gasteiger partial charge in [0.05, 0.1) is 25.1 Å². The van der Waals surface area contributed by atoms with E-state index in [2.05, 4.69) is 24.1 Å². The van der Waals surface area contributed by atoms with Gasteiger partial charge in [0.1, 0.15) is 12.4 Å². The van der Waals surface area contributed by atoms with Crippen LogP contribution in [0.15, 0.2) is 27.6 Å². The van der Waals surface area contributed by atoms with Crippen molar-refractivity contribution in [2.24, 2.45) is 28.6 Å². The molecule has 11 heteroatoms. The number of amides is 1. The van der Waals surface area contributed by atoms with Crippen LogP contribution in [0.4, 0.5) is 4.79 Å². The van der Waals surface area contributed by atoms with Crippen molar-refractivity contribution in [1.29, 1.82) is 0 Å².